The zero-order valence-electron chi connectivity index (χ0n) is 5.96. The van der Waals surface area contributed by atoms with Gasteiger partial charge in [0.25, 0.3) is 0 Å². The number of anilines is 1. The fourth-order valence-electron chi connectivity index (χ4n) is 1.01. The number of nitrogen functional groups attached to an aromatic ring is 1. The monoisotopic (exact) mass is 153 g/mol. The van der Waals surface area contributed by atoms with Gasteiger partial charge in [0, 0.05) is 6.07 Å². The number of methoxy groups -OCH3 is 1. The molecule has 4 nitrogen and oxygen atoms in total. The van der Waals surface area contributed by atoms with Crippen LogP contribution in [0.5, 0.6) is 5.75 Å². The minimum Gasteiger partial charge on any atom is -0.489 e. The predicted molar refractivity (Wildman–Crippen MR) is 39.4 cm³/mol. The fraction of sp³-hybridized carbons (Fsp3) is 0.143. The number of hydrogen-bond acceptors (Lipinski definition) is 4. The summed E-state index contributed by atoms with van der Waals surface area (Å²) in [5, 5.41) is 0. The van der Waals surface area contributed by atoms with Crippen molar-refractivity contribution in [2.45, 2.75) is 0 Å². The van der Waals surface area contributed by atoms with Crippen molar-refractivity contribution in [3.63, 3.8) is 0 Å². The zero-order chi connectivity index (χ0) is 7.84. The molecule has 2 rings (SSSR count). The molecule has 58 valence electrons. The van der Waals surface area contributed by atoms with Crippen LogP contribution in [0.3, 0.4) is 0 Å². The first kappa shape index (κ1) is 6.15. The van der Waals surface area contributed by atoms with Crippen LogP contribution in [0.2, 0.25) is 0 Å². The van der Waals surface area contributed by atoms with Crippen molar-refractivity contribution < 1.29 is 13.6 Å². The standard InChI is InChI=1S/C7H7NO3/c1-9-6-5-4(2-3-10-5)11-7(6)8/h2-3H,8H2,1H3. The quantitative estimate of drug-likeness (QED) is 0.676. The van der Waals surface area contributed by atoms with Crippen LogP contribution in [0.4, 0.5) is 5.88 Å². The lowest BCUT2D eigenvalue weighted by molar-refractivity contribution is 0.407. The molecule has 0 aromatic carbocycles. The van der Waals surface area contributed by atoms with E-state index in [0.29, 0.717) is 16.9 Å². The van der Waals surface area contributed by atoms with Gasteiger partial charge in [-0.2, -0.15) is 0 Å². The molecule has 0 unspecified atom stereocenters. The van der Waals surface area contributed by atoms with E-state index in [2.05, 4.69) is 0 Å². The molecule has 0 saturated carbocycles. The Labute approximate surface area is 62.5 Å². The van der Waals surface area contributed by atoms with Crippen molar-refractivity contribution >= 4 is 17.1 Å². The van der Waals surface area contributed by atoms with E-state index in [1.54, 1.807) is 6.07 Å². The van der Waals surface area contributed by atoms with E-state index in [9.17, 15) is 0 Å². The second-order valence-electron chi connectivity index (χ2n) is 2.11. The van der Waals surface area contributed by atoms with Crippen molar-refractivity contribution in [2.24, 2.45) is 0 Å². The van der Waals surface area contributed by atoms with Gasteiger partial charge in [0.1, 0.15) is 0 Å². The Morgan fingerprint density at radius 3 is 3.09 bits per heavy atom. The second-order valence-corrected chi connectivity index (χ2v) is 2.11. The van der Waals surface area contributed by atoms with Gasteiger partial charge in [0.2, 0.25) is 17.2 Å². The first-order chi connectivity index (χ1) is 5.33. The number of furan rings is 2. The number of rotatable bonds is 1. The van der Waals surface area contributed by atoms with E-state index < -0.39 is 0 Å². The maximum Gasteiger partial charge on any atom is 0.237 e. The van der Waals surface area contributed by atoms with Gasteiger partial charge in [-0.1, -0.05) is 0 Å². The van der Waals surface area contributed by atoms with Gasteiger partial charge >= 0.3 is 0 Å². The summed E-state index contributed by atoms with van der Waals surface area (Å²) in [6.07, 6.45) is 1.52. The summed E-state index contributed by atoms with van der Waals surface area (Å²) in [6, 6.07) is 1.69. The van der Waals surface area contributed by atoms with Crippen LogP contribution >= 0.6 is 0 Å². The molecule has 0 amide bonds. The van der Waals surface area contributed by atoms with Crippen molar-refractivity contribution in [1.29, 1.82) is 0 Å². The average molecular weight is 153 g/mol. The normalized spacial score (nSPS) is 10.6. The molecule has 4 heteroatoms. The zero-order valence-corrected chi connectivity index (χ0v) is 5.96. The lowest BCUT2D eigenvalue weighted by atomic mass is 10.5. The van der Waals surface area contributed by atoms with E-state index in [1.165, 1.54) is 13.4 Å². The summed E-state index contributed by atoms with van der Waals surface area (Å²) in [4.78, 5) is 0. The van der Waals surface area contributed by atoms with E-state index >= 15 is 0 Å². The molecule has 0 saturated heterocycles. The smallest absolute Gasteiger partial charge is 0.237 e. The van der Waals surface area contributed by atoms with Gasteiger partial charge in [-0.25, -0.2) is 0 Å². The van der Waals surface area contributed by atoms with Crippen LogP contribution < -0.4 is 10.5 Å². The van der Waals surface area contributed by atoms with Crippen LogP contribution in [-0.4, -0.2) is 7.11 Å². The molecule has 0 fully saturated rings. The maximum absolute atomic E-state index is 5.46. The number of hydrogen-bond donors (Lipinski definition) is 1. The Bertz CT molecular complexity index is 374. The van der Waals surface area contributed by atoms with Crippen LogP contribution in [0.1, 0.15) is 0 Å². The SMILES string of the molecule is COc1c(N)oc2ccoc12. The van der Waals surface area contributed by atoms with Gasteiger partial charge in [-0.15, -0.1) is 0 Å². The molecule has 0 atom stereocenters. The molecule has 0 aliphatic rings. The second kappa shape index (κ2) is 1.95. The molecular weight excluding hydrogens is 146 g/mol. The van der Waals surface area contributed by atoms with Crippen molar-refractivity contribution in [1.82, 2.24) is 0 Å². The maximum atomic E-state index is 5.46. The molecule has 11 heavy (non-hydrogen) atoms. The Balaban J connectivity index is 2.80. The third-order valence-corrected chi connectivity index (χ3v) is 1.48. The first-order valence-electron chi connectivity index (χ1n) is 3.12. The highest BCUT2D eigenvalue weighted by atomic mass is 16.5. The number of ether oxygens (including phenoxy) is 1. The highest BCUT2D eigenvalue weighted by Crippen LogP contribution is 2.35. The summed E-state index contributed by atoms with van der Waals surface area (Å²) in [6.45, 7) is 0. The summed E-state index contributed by atoms with van der Waals surface area (Å²) in [5.41, 5.74) is 6.63. The van der Waals surface area contributed by atoms with Crippen LogP contribution in [0.25, 0.3) is 11.2 Å². The van der Waals surface area contributed by atoms with Crippen LogP contribution in [0.15, 0.2) is 21.2 Å². The summed E-state index contributed by atoms with van der Waals surface area (Å²) in [7, 11) is 1.52. The third-order valence-electron chi connectivity index (χ3n) is 1.48. The topological polar surface area (TPSA) is 61.5 Å². The lowest BCUT2D eigenvalue weighted by Crippen LogP contribution is -1.86. The van der Waals surface area contributed by atoms with Crippen LogP contribution in [-0.2, 0) is 0 Å². The van der Waals surface area contributed by atoms with E-state index in [0.717, 1.165) is 0 Å². The minimum absolute atomic E-state index is 0.252. The molecule has 2 aromatic rings. The molecule has 2 heterocycles. The minimum atomic E-state index is 0.252. The predicted octanol–water partition coefficient (Wildman–Crippen LogP) is 1.62. The van der Waals surface area contributed by atoms with E-state index in [4.69, 9.17) is 19.3 Å². The van der Waals surface area contributed by atoms with Gasteiger partial charge in [0.05, 0.1) is 13.4 Å². The molecule has 0 aliphatic heterocycles. The first-order valence-corrected chi connectivity index (χ1v) is 3.12. The molecule has 0 radical (unpaired) electrons. The molecule has 0 aliphatic carbocycles. The highest BCUT2D eigenvalue weighted by molar-refractivity contribution is 5.83. The molecule has 2 aromatic heterocycles. The van der Waals surface area contributed by atoms with Gasteiger partial charge in [0.15, 0.2) is 5.58 Å². The molecule has 2 N–H and O–H groups in total. The van der Waals surface area contributed by atoms with Gasteiger partial charge in [-0.05, 0) is 0 Å². The van der Waals surface area contributed by atoms with E-state index in [-0.39, 0.29) is 5.88 Å². The van der Waals surface area contributed by atoms with Crippen molar-refractivity contribution in [3.05, 3.63) is 12.3 Å². The Morgan fingerprint density at radius 2 is 2.36 bits per heavy atom. The van der Waals surface area contributed by atoms with Gasteiger partial charge < -0.3 is 19.3 Å². The lowest BCUT2D eigenvalue weighted by Gasteiger charge is -1.92. The van der Waals surface area contributed by atoms with E-state index in [1.807, 2.05) is 0 Å². The molecule has 0 bridgehead atoms. The third kappa shape index (κ3) is 0.690. The number of nitrogens with two attached hydrogens (primary N) is 1. The number of fused-ring (bicyclic) bond motifs is 1. The van der Waals surface area contributed by atoms with Crippen molar-refractivity contribution in [2.75, 3.05) is 12.8 Å². The Hall–Kier alpha value is -1.58. The largest absolute Gasteiger partial charge is 0.489 e. The van der Waals surface area contributed by atoms with Gasteiger partial charge in [-0.3, -0.25) is 0 Å². The summed E-state index contributed by atoms with van der Waals surface area (Å²) in [5.74, 6) is 0.715. The fourth-order valence-corrected chi connectivity index (χ4v) is 1.01. The average Bonchev–Trinajstić information content (AvgIpc) is 2.46. The Morgan fingerprint density at radius 1 is 1.55 bits per heavy atom. The Kier molecular flexibility index (Phi) is 1.09. The van der Waals surface area contributed by atoms with Crippen LogP contribution in [0, 0.1) is 0 Å². The van der Waals surface area contributed by atoms with Crippen molar-refractivity contribution in [3.8, 4) is 5.75 Å². The molecular formula is C7H7NO3. The summed E-state index contributed by atoms with van der Waals surface area (Å²) < 4.78 is 15.1. The molecule has 0 spiro atoms. The summed E-state index contributed by atoms with van der Waals surface area (Å²) >= 11 is 0. The highest BCUT2D eigenvalue weighted by Gasteiger charge is 2.14.